The monoisotopic (exact) mass is 668 g/mol. The van der Waals surface area contributed by atoms with Crippen molar-refractivity contribution in [3.05, 3.63) is 205 Å². The van der Waals surface area contributed by atoms with Crippen molar-refractivity contribution in [2.45, 2.75) is 13.3 Å². The van der Waals surface area contributed by atoms with E-state index in [-0.39, 0.29) is 0 Å². The first-order valence-corrected chi connectivity index (χ1v) is 18.2. The minimum Gasteiger partial charge on any atom is -0.340 e. The SMILES string of the molecule is C=C1/C=C\C=C/CN(c2ccc(-c3cccc(-c4cccc(-c5ccc(-n6c7ccccc7c7ccccc76)cc5)c4)c3)cc2)C2=C1C=CCC2C. The molecule has 2 heteroatoms. The smallest absolute Gasteiger partial charge is 0.0541 e. The predicted octanol–water partition coefficient (Wildman–Crippen LogP) is 13.1. The summed E-state index contributed by atoms with van der Waals surface area (Å²) >= 11 is 0. The third kappa shape index (κ3) is 5.73. The number of rotatable bonds is 5. The molecule has 1 unspecified atom stereocenters. The number of para-hydroxylation sites is 2. The Labute approximate surface area is 306 Å². The fraction of sp³-hybridized carbons (Fsp3) is 0.0800. The van der Waals surface area contributed by atoms with Gasteiger partial charge in [0.05, 0.1) is 11.0 Å². The van der Waals surface area contributed by atoms with Crippen molar-refractivity contribution in [1.29, 1.82) is 0 Å². The Balaban J connectivity index is 0.996. The van der Waals surface area contributed by atoms with Crippen molar-refractivity contribution in [1.82, 2.24) is 4.57 Å². The highest BCUT2D eigenvalue weighted by atomic mass is 15.1. The summed E-state index contributed by atoms with van der Waals surface area (Å²) in [5, 5.41) is 2.56. The van der Waals surface area contributed by atoms with Crippen LogP contribution in [0.4, 0.5) is 5.69 Å². The van der Waals surface area contributed by atoms with Gasteiger partial charge in [-0.1, -0.05) is 147 Å². The molecule has 9 rings (SSSR count). The third-order valence-corrected chi connectivity index (χ3v) is 10.6. The van der Waals surface area contributed by atoms with Crippen LogP contribution in [-0.2, 0) is 0 Å². The van der Waals surface area contributed by atoms with E-state index in [0.717, 1.165) is 18.5 Å². The number of nitrogens with zero attached hydrogens (tertiary/aromatic N) is 2. The van der Waals surface area contributed by atoms with Gasteiger partial charge in [0, 0.05) is 45.9 Å². The Morgan fingerprint density at radius 2 is 1.06 bits per heavy atom. The number of hydrogen-bond donors (Lipinski definition) is 0. The fourth-order valence-corrected chi connectivity index (χ4v) is 7.98. The lowest BCUT2D eigenvalue weighted by molar-refractivity contribution is 0.648. The standard InChI is InChI=1S/C50H40N2/c1-35-13-4-3-9-32-51(50-36(2)14-10-21-45(35)50)43-28-24-37(25-29-43)39-15-11-17-41(33-39)42-18-12-16-40(34-42)38-26-30-44(31-27-38)52-48-22-7-5-19-46(48)47-20-6-8-23-49(47)52/h3-13,15-31,33-34,36H,1,14,32H2,2H3/b9-3-,13-4-. The lowest BCUT2D eigenvalue weighted by Gasteiger charge is -2.34. The fourth-order valence-electron chi connectivity index (χ4n) is 7.98. The summed E-state index contributed by atoms with van der Waals surface area (Å²) in [6, 6.07) is 53.2. The maximum absolute atomic E-state index is 4.39. The van der Waals surface area contributed by atoms with Crippen LogP contribution in [0, 0.1) is 5.92 Å². The first-order valence-electron chi connectivity index (χ1n) is 18.2. The Bertz CT molecular complexity index is 2540. The molecule has 0 radical (unpaired) electrons. The first-order chi connectivity index (χ1) is 25.6. The van der Waals surface area contributed by atoms with Gasteiger partial charge in [0.15, 0.2) is 0 Å². The molecule has 2 heterocycles. The first kappa shape index (κ1) is 31.6. The molecule has 0 saturated heterocycles. The summed E-state index contributed by atoms with van der Waals surface area (Å²) in [5.74, 6) is 0.418. The zero-order chi connectivity index (χ0) is 35.0. The minimum absolute atomic E-state index is 0.418. The predicted molar refractivity (Wildman–Crippen MR) is 222 cm³/mol. The van der Waals surface area contributed by atoms with Crippen molar-refractivity contribution < 1.29 is 0 Å². The summed E-state index contributed by atoms with van der Waals surface area (Å²) in [6.45, 7) is 7.53. The van der Waals surface area contributed by atoms with Gasteiger partial charge >= 0.3 is 0 Å². The minimum atomic E-state index is 0.418. The van der Waals surface area contributed by atoms with E-state index in [0.29, 0.717) is 5.92 Å². The van der Waals surface area contributed by atoms with Crippen LogP contribution >= 0.6 is 0 Å². The van der Waals surface area contributed by atoms with Gasteiger partial charge in [-0.05, 0) is 93.9 Å². The average molecular weight is 669 g/mol. The Hall–Kier alpha value is -6.38. The summed E-state index contributed by atoms with van der Waals surface area (Å²) < 4.78 is 2.37. The van der Waals surface area contributed by atoms with Gasteiger partial charge in [-0.15, -0.1) is 0 Å². The Morgan fingerprint density at radius 3 is 1.65 bits per heavy atom. The van der Waals surface area contributed by atoms with Crippen LogP contribution in [0.25, 0.3) is 60.9 Å². The van der Waals surface area contributed by atoms with E-state index in [1.807, 2.05) is 0 Å². The molecule has 0 bridgehead atoms. The van der Waals surface area contributed by atoms with E-state index < -0.39 is 0 Å². The molecule has 7 aromatic rings. The second kappa shape index (κ2) is 13.4. The van der Waals surface area contributed by atoms with Gasteiger partial charge in [0.25, 0.3) is 0 Å². The van der Waals surface area contributed by atoms with Crippen LogP contribution in [0.1, 0.15) is 13.3 Å². The molecule has 0 fully saturated rings. The largest absolute Gasteiger partial charge is 0.340 e. The van der Waals surface area contributed by atoms with Crippen LogP contribution in [-0.4, -0.2) is 11.1 Å². The maximum atomic E-state index is 4.39. The maximum Gasteiger partial charge on any atom is 0.0541 e. The van der Waals surface area contributed by atoms with Crippen molar-refractivity contribution >= 4 is 27.5 Å². The van der Waals surface area contributed by atoms with Crippen molar-refractivity contribution in [2.24, 2.45) is 5.92 Å². The number of hydrogen-bond acceptors (Lipinski definition) is 1. The molecule has 0 saturated carbocycles. The number of allylic oxidation sites excluding steroid dienone is 8. The van der Waals surface area contributed by atoms with Crippen molar-refractivity contribution in [3.8, 4) is 39.1 Å². The van der Waals surface area contributed by atoms with Gasteiger partial charge in [-0.2, -0.15) is 0 Å². The molecule has 2 aliphatic rings. The number of fused-ring (bicyclic) bond motifs is 3. The highest BCUT2D eigenvalue weighted by Crippen LogP contribution is 2.37. The van der Waals surface area contributed by atoms with Gasteiger partial charge in [-0.3, -0.25) is 0 Å². The molecule has 0 spiro atoms. The van der Waals surface area contributed by atoms with E-state index in [1.165, 1.54) is 77.8 Å². The summed E-state index contributed by atoms with van der Waals surface area (Å²) in [7, 11) is 0. The lowest BCUT2D eigenvalue weighted by Crippen LogP contribution is -2.29. The van der Waals surface area contributed by atoms with E-state index >= 15 is 0 Å². The molecule has 52 heavy (non-hydrogen) atoms. The Morgan fingerprint density at radius 1 is 0.519 bits per heavy atom. The second-order valence-electron chi connectivity index (χ2n) is 13.9. The lowest BCUT2D eigenvalue weighted by atomic mass is 9.88. The van der Waals surface area contributed by atoms with Crippen molar-refractivity contribution in [2.75, 3.05) is 11.4 Å². The zero-order valence-electron chi connectivity index (χ0n) is 29.4. The van der Waals surface area contributed by atoms with E-state index in [2.05, 4.69) is 205 Å². The van der Waals surface area contributed by atoms with Crippen LogP contribution < -0.4 is 4.90 Å². The summed E-state index contributed by atoms with van der Waals surface area (Å²) in [5.41, 5.74) is 15.7. The highest BCUT2D eigenvalue weighted by molar-refractivity contribution is 6.09. The van der Waals surface area contributed by atoms with Gasteiger partial charge in [-0.25, -0.2) is 0 Å². The zero-order valence-corrected chi connectivity index (χ0v) is 29.4. The summed E-state index contributed by atoms with van der Waals surface area (Å²) in [4.78, 5) is 2.46. The molecule has 0 amide bonds. The normalized spacial score (nSPS) is 17.1. The second-order valence-corrected chi connectivity index (χ2v) is 13.9. The van der Waals surface area contributed by atoms with Gasteiger partial charge in [0.2, 0.25) is 0 Å². The van der Waals surface area contributed by atoms with Crippen LogP contribution in [0.2, 0.25) is 0 Å². The van der Waals surface area contributed by atoms with Crippen LogP contribution in [0.3, 0.4) is 0 Å². The number of benzene rings is 6. The molecule has 6 aromatic carbocycles. The topological polar surface area (TPSA) is 8.17 Å². The average Bonchev–Trinajstić information content (AvgIpc) is 3.57. The molecule has 0 N–H and O–H groups in total. The van der Waals surface area contributed by atoms with E-state index in [4.69, 9.17) is 0 Å². The third-order valence-electron chi connectivity index (χ3n) is 10.6. The molecule has 1 atom stereocenters. The molecule has 250 valence electrons. The van der Waals surface area contributed by atoms with Crippen molar-refractivity contribution in [3.63, 3.8) is 0 Å². The van der Waals surface area contributed by atoms with Gasteiger partial charge in [0.1, 0.15) is 0 Å². The van der Waals surface area contributed by atoms with Crippen LogP contribution in [0.15, 0.2) is 205 Å². The number of aromatic nitrogens is 1. The van der Waals surface area contributed by atoms with E-state index in [9.17, 15) is 0 Å². The molecule has 2 nitrogen and oxygen atoms in total. The summed E-state index contributed by atoms with van der Waals surface area (Å²) in [6.07, 6.45) is 14.1. The molecule has 1 aliphatic carbocycles. The van der Waals surface area contributed by atoms with E-state index in [1.54, 1.807) is 0 Å². The number of anilines is 1. The van der Waals surface area contributed by atoms with Gasteiger partial charge < -0.3 is 9.47 Å². The van der Waals surface area contributed by atoms with Crippen LogP contribution in [0.5, 0.6) is 0 Å². The quantitative estimate of drug-likeness (QED) is 0.177. The molecule has 1 aromatic heterocycles. The highest BCUT2D eigenvalue weighted by Gasteiger charge is 2.24. The molecule has 1 aliphatic heterocycles. The molecular formula is C50H40N2. The Kier molecular flexibility index (Phi) is 8.14. The molecular weight excluding hydrogens is 629 g/mol.